The summed E-state index contributed by atoms with van der Waals surface area (Å²) < 4.78 is 0. The second-order valence-corrected chi connectivity index (χ2v) is 2.77. The fourth-order valence-corrected chi connectivity index (χ4v) is 1.01. The minimum atomic E-state index is 1.09. The monoisotopic (exact) mass is 207 g/mol. The molecule has 1 N–H and O–H groups in total. The molecule has 0 aliphatic rings. The molecule has 1 nitrogen and oxygen atoms in total. The molecule has 1 aromatic heterocycles. The van der Waals surface area contributed by atoms with Crippen molar-refractivity contribution in [1.82, 2.24) is 4.98 Å². The van der Waals surface area contributed by atoms with Crippen LogP contribution in [0.3, 0.4) is 0 Å². The van der Waals surface area contributed by atoms with Crippen molar-refractivity contribution in [2.75, 3.05) is 0 Å². The van der Waals surface area contributed by atoms with Gasteiger partial charge in [0.05, 0.1) is 0 Å². The predicted molar refractivity (Wildman–Crippen MR) is 72.9 cm³/mol. The maximum Gasteiger partial charge on any atom is 0.0447 e. The van der Waals surface area contributed by atoms with Crippen LogP contribution in [0.15, 0.2) is 24.4 Å². The summed E-state index contributed by atoms with van der Waals surface area (Å²) >= 11 is 0. The third kappa shape index (κ3) is 6.78. The van der Waals surface area contributed by atoms with E-state index in [-0.39, 0.29) is 0 Å². The van der Waals surface area contributed by atoms with Gasteiger partial charge in [-0.15, -0.1) is 0 Å². The van der Waals surface area contributed by atoms with Gasteiger partial charge in [0.1, 0.15) is 0 Å². The molecule has 0 radical (unpaired) electrons. The molecule has 0 fully saturated rings. The highest BCUT2D eigenvalue weighted by molar-refractivity contribution is 5.63. The molecule has 0 aliphatic heterocycles. The largest absolute Gasteiger partial charge is 0.361 e. The summed E-state index contributed by atoms with van der Waals surface area (Å²) in [6.07, 6.45) is 5.88. The second kappa shape index (κ2) is 10.8. The van der Waals surface area contributed by atoms with Gasteiger partial charge in [-0.1, -0.05) is 45.9 Å². The van der Waals surface area contributed by atoms with E-state index in [1.807, 2.05) is 46.0 Å². The van der Waals surface area contributed by atoms with Crippen molar-refractivity contribution in [3.05, 3.63) is 35.7 Å². The number of hydrogen-bond acceptors (Lipinski definition) is 0. The lowest BCUT2D eigenvalue weighted by Crippen LogP contribution is -1.74. The molecule has 0 atom stereocenters. The Kier molecular flexibility index (Phi) is 11.7. The van der Waals surface area contributed by atoms with Gasteiger partial charge in [0.2, 0.25) is 0 Å². The quantitative estimate of drug-likeness (QED) is 0.691. The van der Waals surface area contributed by atoms with E-state index in [0.717, 1.165) is 5.69 Å². The second-order valence-electron chi connectivity index (χ2n) is 2.77. The van der Waals surface area contributed by atoms with Crippen molar-refractivity contribution < 1.29 is 0 Å². The standard InChI is InChI=1S/C10H13N.2C2H6/c1-4-10-9(5-6-11-10)7-8(2)3;2*1-2/h4-7,11H,1H2,2-3H3;2*1-2H3. The van der Waals surface area contributed by atoms with Crippen LogP contribution in [0.25, 0.3) is 12.2 Å². The molecule has 0 aliphatic carbocycles. The summed E-state index contributed by atoms with van der Waals surface area (Å²) in [6, 6.07) is 2.05. The summed E-state index contributed by atoms with van der Waals surface area (Å²) in [4.78, 5) is 3.10. The van der Waals surface area contributed by atoms with E-state index in [9.17, 15) is 0 Å². The van der Waals surface area contributed by atoms with Crippen molar-refractivity contribution in [2.24, 2.45) is 0 Å². The highest BCUT2D eigenvalue weighted by atomic mass is 14.7. The van der Waals surface area contributed by atoms with E-state index in [4.69, 9.17) is 0 Å². The molecule has 0 amide bonds. The van der Waals surface area contributed by atoms with Crippen molar-refractivity contribution in [3.8, 4) is 0 Å². The molecule has 15 heavy (non-hydrogen) atoms. The van der Waals surface area contributed by atoms with Gasteiger partial charge in [0, 0.05) is 11.9 Å². The van der Waals surface area contributed by atoms with Crippen LogP contribution in [0, 0.1) is 0 Å². The van der Waals surface area contributed by atoms with Gasteiger partial charge in [-0.3, -0.25) is 0 Å². The molecule has 0 unspecified atom stereocenters. The van der Waals surface area contributed by atoms with E-state index in [1.165, 1.54) is 11.1 Å². The smallest absolute Gasteiger partial charge is 0.0447 e. The number of nitrogens with one attached hydrogen (secondary N) is 1. The van der Waals surface area contributed by atoms with Crippen LogP contribution in [0.5, 0.6) is 0 Å². The fraction of sp³-hybridized carbons (Fsp3) is 0.429. The molecule has 0 aromatic carbocycles. The Bertz CT molecular complexity index is 275. The lowest BCUT2D eigenvalue weighted by Gasteiger charge is -1.91. The van der Waals surface area contributed by atoms with Crippen molar-refractivity contribution in [3.63, 3.8) is 0 Å². The number of H-pyrrole nitrogens is 1. The van der Waals surface area contributed by atoms with Crippen LogP contribution < -0.4 is 0 Å². The minimum Gasteiger partial charge on any atom is -0.361 e. The van der Waals surface area contributed by atoms with Crippen LogP contribution in [-0.2, 0) is 0 Å². The van der Waals surface area contributed by atoms with Crippen molar-refractivity contribution in [1.29, 1.82) is 0 Å². The highest BCUT2D eigenvalue weighted by Gasteiger charge is 1.94. The summed E-state index contributed by atoms with van der Waals surface area (Å²) in [6.45, 7) is 15.9. The van der Waals surface area contributed by atoms with E-state index >= 15 is 0 Å². The van der Waals surface area contributed by atoms with E-state index in [0.29, 0.717) is 0 Å². The predicted octanol–water partition coefficient (Wildman–Crippen LogP) is 5.13. The van der Waals surface area contributed by atoms with Gasteiger partial charge in [0.25, 0.3) is 0 Å². The Balaban J connectivity index is 0. The first-order valence-corrected chi connectivity index (χ1v) is 5.68. The summed E-state index contributed by atoms with van der Waals surface area (Å²) in [7, 11) is 0. The van der Waals surface area contributed by atoms with Gasteiger partial charge in [-0.2, -0.15) is 0 Å². The Labute approximate surface area is 94.9 Å². The zero-order chi connectivity index (χ0) is 12.3. The zero-order valence-electron chi connectivity index (χ0n) is 11.0. The third-order valence-electron chi connectivity index (χ3n) is 1.46. The number of hydrogen-bond donors (Lipinski definition) is 1. The lowest BCUT2D eigenvalue weighted by molar-refractivity contribution is 1.37. The highest BCUT2D eigenvalue weighted by Crippen LogP contribution is 2.11. The lowest BCUT2D eigenvalue weighted by atomic mass is 10.2. The van der Waals surface area contributed by atoms with Crippen molar-refractivity contribution in [2.45, 2.75) is 41.5 Å². The topological polar surface area (TPSA) is 15.8 Å². The molecule has 0 spiro atoms. The molecule has 86 valence electrons. The Morgan fingerprint density at radius 1 is 1.20 bits per heavy atom. The molecule has 1 rings (SSSR count). The molecule has 1 heteroatoms. The Morgan fingerprint density at radius 2 is 1.73 bits per heavy atom. The normalized spacial score (nSPS) is 7.60. The van der Waals surface area contributed by atoms with E-state index in [1.54, 1.807) is 0 Å². The zero-order valence-corrected chi connectivity index (χ0v) is 11.0. The molecular weight excluding hydrogens is 182 g/mol. The van der Waals surface area contributed by atoms with Gasteiger partial charge >= 0.3 is 0 Å². The van der Waals surface area contributed by atoms with Crippen molar-refractivity contribution >= 4 is 12.2 Å². The average Bonchev–Trinajstić information content (AvgIpc) is 2.70. The molecular formula is C14H25N. The molecule has 1 aromatic rings. The number of aromatic amines is 1. The summed E-state index contributed by atoms with van der Waals surface area (Å²) in [5.74, 6) is 0. The maximum atomic E-state index is 3.71. The van der Waals surface area contributed by atoms with Crippen LogP contribution in [0.4, 0.5) is 0 Å². The molecule has 0 bridgehead atoms. The fourth-order valence-electron chi connectivity index (χ4n) is 1.01. The van der Waals surface area contributed by atoms with E-state index in [2.05, 4.69) is 31.5 Å². The third-order valence-corrected chi connectivity index (χ3v) is 1.46. The van der Waals surface area contributed by atoms with Gasteiger partial charge in [-0.05, 0) is 31.6 Å². The van der Waals surface area contributed by atoms with Crippen LogP contribution >= 0.6 is 0 Å². The number of rotatable bonds is 2. The van der Waals surface area contributed by atoms with Crippen LogP contribution in [-0.4, -0.2) is 4.98 Å². The summed E-state index contributed by atoms with van der Waals surface area (Å²) in [5.41, 5.74) is 3.60. The number of aromatic nitrogens is 1. The summed E-state index contributed by atoms with van der Waals surface area (Å²) in [5, 5.41) is 0. The van der Waals surface area contributed by atoms with E-state index < -0.39 is 0 Å². The Hall–Kier alpha value is -1.24. The maximum absolute atomic E-state index is 3.71. The van der Waals surface area contributed by atoms with Gasteiger partial charge in [-0.25, -0.2) is 0 Å². The van der Waals surface area contributed by atoms with Crippen LogP contribution in [0.1, 0.15) is 52.8 Å². The van der Waals surface area contributed by atoms with Crippen LogP contribution in [0.2, 0.25) is 0 Å². The minimum absolute atomic E-state index is 1.09. The molecule has 1 heterocycles. The van der Waals surface area contributed by atoms with Gasteiger partial charge < -0.3 is 4.98 Å². The Morgan fingerprint density at radius 3 is 2.13 bits per heavy atom. The molecule has 0 saturated heterocycles. The average molecular weight is 207 g/mol. The first kappa shape index (κ1) is 16.2. The number of allylic oxidation sites excluding steroid dienone is 1. The first-order chi connectivity index (χ1) is 7.24. The first-order valence-electron chi connectivity index (χ1n) is 5.68. The SMILES string of the molecule is C=Cc1[nH]ccc1C=C(C)C.CC.CC. The molecule has 0 saturated carbocycles. The van der Waals surface area contributed by atoms with Gasteiger partial charge in [0.15, 0.2) is 0 Å².